The Balaban J connectivity index is 1.63. The summed E-state index contributed by atoms with van der Waals surface area (Å²) < 4.78 is 5.32. The number of rotatable bonds is 6. The van der Waals surface area contributed by atoms with Crippen LogP contribution in [0.5, 0.6) is 0 Å². The van der Waals surface area contributed by atoms with Crippen LogP contribution in [0.3, 0.4) is 0 Å². The van der Waals surface area contributed by atoms with Gasteiger partial charge in [0.15, 0.2) is 0 Å². The minimum absolute atomic E-state index is 0.0864. The third-order valence-corrected chi connectivity index (χ3v) is 2.59. The molecule has 1 amide bonds. The molecule has 2 rings (SSSR count). The van der Waals surface area contributed by atoms with Crippen molar-refractivity contribution in [1.82, 2.24) is 10.6 Å². The number of aryl methyl sites for hydroxylation is 1. The molecular formula is C13H18N2O2. The third kappa shape index (κ3) is 4.44. The fraction of sp³-hybridized carbons (Fsp3) is 0.462. The van der Waals surface area contributed by atoms with Gasteiger partial charge < -0.3 is 15.1 Å². The SMILES string of the molecule is Cc1ccc(C=CC(=O)NCCNC2CC2)o1. The number of carbonyl (C=O) groups excluding carboxylic acids is 1. The van der Waals surface area contributed by atoms with Gasteiger partial charge in [0.1, 0.15) is 11.5 Å². The van der Waals surface area contributed by atoms with Crippen molar-refractivity contribution in [3.05, 3.63) is 29.7 Å². The molecule has 0 bridgehead atoms. The standard InChI is InChI=1S/C13H18N2O2/c1-10-2-5-12(17-10)6-7-13(16)15-9-8-14-11-3-4-11/h2,5-7,11,14H,3-4,8-9H2,1H3,(H,15,16). The highest BCUT2D eigenvalue weighted by Crippen LogP contribution is 2.17. The van der Waals surface area contributed by atoms with Gasteiger partial charge in [0, 0.05) is 25.2 Å². The zero-order valence-electron chi connectivity index (χ0n) is 10.0. The topological polar surface area (TPSA) is 54.3 Å². The second-order valence-electron chi connectivity index (χ2n) is 4.30. The van der Waals surface area contributed by atoms with Gasteiger partial charge in [0.05, 0.1) is 0 Å². The van der Waals surface area contributed by atoms with Crippen LogP contribution in [0.2, 0.25) is 0 Å². The van der Waals surface area contributed by atoms with Crippen molar-refractivity contribution in [2.24, 2.45) is 0 Å². The second-order valence-corrected chi connectivity index (χ2v) is 4.30. The lowest BCUT2D eigenvalue weighted by Gasteiger charge is -2.02. The first-order valence-electron chi connectivity index (χ1n) is 6.00. The van der Waals surface area contributed by atoms with Crippen LogP contribution in [0.1, 0.15) is 24.4 Å². The molecule has 0 atom stereocenters. The molecule has 1 aliphatic carbocycles. The lowest BCUT2D eigenvalue weighted by Crippen LogP contribution is -2.31. The summed E-state index contributed by atoms with van der Waals surface area (Å²) in [5.41, 5.74) is 0. The zero-order chi connectivity index (χ0) is 12.1. The first-order valence-corrected chi connectivity index (χ1v) is 6.00. The summed E-state index contributed by atoms with van der Waals surface area (Å²) in [6.07, 6.45) is 5.71. The highest BCUT2D eigenvalue weighted by molar-refractivity contribution is 5.91. The van der Waals surface area contributed by atoms with Gasteiger partial charge in [-0.2, -0.15) is 0 Å². The average Bonchev–Trinajstić information content (AvgIpc) is 3.04. The van der Waals surface area contributed by atoms with E-state index in [2.05, 4.69) is 10.6 Å². The van der Waals surface area contributed by atoms with Gasteiger partial charge in [-0.3, -0.25) is 4.79 Å². The van der Waals surface area contributed by atoms with Gasteiger partial charge in [-0.1, -0.05) is 0 Å². The number of nitrogens with one attached hydrogen (secondary N) is 2. The van der Waals surface area contributed by atoms with Crippen molar-refractivity contribution in [1.29, 1.82) is 0 Å². The predicted molar refractivity (Wildman–Crippen MR) is 66.5 cm³/mol. The maximum atomic E-state index is 11.4. The van der Waals surface area contributed by atoms with E-state index in [0.717, 1.165) is 12.3 Å². The fourth-order valence-corrected chi connectivity index (χ4v) is 1.51. The van der Waals surface area contributed by atoms with Crippen LogP contribution in [0, 0.1) is 6.92 Å². The van der Waals surface area contributed by atoms with Crippen molar-refractivity contribution in [2.75, 3.05) is 13.1 Å². The summed E-state index contributed by atoms with van der Waals surface area (Å²) in [4.78, 5) is 11.4. The van der Waals surface area contributed by atoms with Crippen molar-refractivity contribution in [3.63, 3.8) is 0 Å². The molecule has 4 nitrogen and oxygen atoms in total. The van der Waals surface area contributed by atoms with Gasteiger partial charge >= 0.3 is 0 Å². The fourth-order valence-electron chi connectivity index (χ4n) is 1.51. The van der Waals surface area contributed by atoms with E-state index in [1.165, 1.54) is 18.9 Å². The first kappa shape index (κ1) is 11.9. The average molecular weight is 234 g/mol. The Bertz CT molecular complexity index is 405. The molecule has 0 radical (unpaired) electrons. The van der Waals surface area contributed by atoms with Gasteiger partial charge in [-0.15, -0.1) is 0 Å². The Hall–Kier alpha value is -1.55. The van der Waals surface area contributed by atoms with E-state index < -0.39 is 0 Å². The van der Waals surface area contributed by atoms with Crippen LogP contribution >= 0.6 is 0 Å². The summed E-state index contributed by atoms with van der Waals surface area (Å²) in [7, 11) is 0. The van der Waals surface area contributed by atoms with Crippen molar-refractivity contribution in [3.8, 4) is 0 Å². The maximum Gasteiger partial charge on any atom is 0.244 e. The number of carbonyl (C=O) groups is 1. The van der Waals surface area contributed by atoms with Crippen LogP contribution in [0.15, 0.2) is 22.6 Å². The molecule has 1 fully saturated rings. The Morgan fingerprint density at radius 3 is 2.94 bits per heavy atom. The van der Waals surface area contributed by atoms with E-state index in [-0.39, 0.29) is 5.91 Å². The van der Waals surface area contributed by atoms with E-state index in [1.807, 2.05) is 19.1 Å². The molecule has 0 aliphatic heterocycles. The van der Waals surface area contributed by atoms with Gasteiger partial charge in [-0.25, -0.2) is 0 Å². The Morgan fingerprint density at radius 1 is 1.47 bits per heavy atom. The Kier molecular flexibility index (Phi) is 3.98. The van der Waals surface area contributed by atoms with Crippen molar-refractivity contribution >= 4 is 12.0 Å². The molecule has 2 N–H and O–H groups in total. The Morgan fingerprint density at radius 2 is 2.29 bits per heavy atom. The molecule has 1 aromatic heterocycles. The molecule has 0 unspecified atom stereocenters. The van der Waals surface area contributed by atoms with Crippen molar-refractivity contribution in [2.45, 2.75) is 25.8 Å². The highest BCUT2D eigenvalue weighted by Gasteiger charge is 2.19. The largest absolute Gasteiger partial charge is 0.462 e. The molecule has 1 aliphatic rings. The smallest absolute Gasteiger partial charge is 0.244 e. The second kappa shape index (κ2) is 5.68. The van der Waals surface area contributed by atoms with Crippen LogP contribution < -0.4 is 10.6 Å². The number of hydrogen-bond donors (Lipinski definition) is 2. The summed E-state index contributed by atoms with van der Waals surface area (Å²) in [5.74, 6) is 1.46. The highest BCUT2D eigenvalue weighted by atomic mass is 16.3. The lowest BCUT2D eigenvalue weighted by molar-refractivity contribution is -0.116. The molecular weight excluding hydrogens is 216 g/mol. The molecule has 4 heteroatoms. The quantitative estimate of drug-likeness (QED) is 0.579. The summed E-state index contributed by atoms with van der Waals surface area (Å²) >= 11 is 0. The van der Waals surface area contributed by atoms with E-state index in [4.69, 9.17) is 4.42 Å². The Labute approximate surface area is 101 Å². The molecule has 92 valence electrons. The summed E-state index contributed by atoms with van der Waals surface area (Å²) in [6, 6.07) is 4.40. The van der Waals surface area contributed by atoms with Crippen LogP contribution in [0.4, 0.5) is 0 Å². The monoisotopic (exact) mass is 234 g/mol. The maximum absolute atomic E-state index is 11.4. The minimum Gasteiger partial charge on any atom is -0.462 e. The zero-order valence-corrected chi connectivity index (χ0v) is 10.0. The lowest BCUT2D eigenvalue weighted by atomic mass is 10.4. The summed E-state index contributed by atoms with van der Waals surface area (Å²) in [6.45, 7) is 3.38. The summed E-state index contributed by atoms with van der Waals surface area (Å²) in [5, 5.41) is 6.14. The van der Waals surface area contributed by atoms with Crippen LogP contribution in [-0.4, -0.2) is 25.0 Å². The molecule has 0 aromatic carbocycles. The number of hydrogen-bond acceptors (Lipinski definition) is 3. The van der Waals surface area contributed by atoms with E-state index in [9.17, 15) is 4.79 Å². The van der Waals surface area contributed by atoms with E-state index >= 15 is 0 Å². The molecule has 1 heterocycles. The van der Waals surface area contributed by atoms with Gasteiger partial charge in [0.25, 0.3) is 0 Å². The van der Waals surface area contributed by atoms with Crippen molar-refractivity contribution < 1.29 is 9.21 Å². The third-order valence-electron chi connectivity index (χ3n) is 2.59. The number of amides is 1. The van der Waals surface area contributed by atoms with E-state index in [0.29, 0.717) is 18.3 Å². The predicted octanol–water partition coefficient (Wildman–Crippen LogP) is 1.47. The van der Waals surface area contributed by atoms with Crippen LogP contribution in [0.25, 0.3) is 6.08 Å². The number of furan rings is 1. The normalized spacial score (nSPS) is 15.4. The van der Waals surface area contributed by atoms with E-state index in [1.54, 1.807) is 6.08 Å². The molecule has 0 spiro atoms. The van der Waals surface area contributed by atoms with Crippen LogP contribution in [-0.2, 0) is 4.79 Å². The first-order chi connectivity index (χ1) is 8.24. The van der Waals surface area contributed by atoms with Gasteiger partial charge in [0.2, 0.25) is 5.91 Å². The molecule has 1 aromatic rings. The van der Waals surface area contributed by atoms with Gasteiger partial charge in [-0.05, 0) is 38.0 Å². The molecule has 1 saturated carbocycles. The molecule has 17 heavy (non-hydrogen) atoms. The molecule has 0 saturated heterocycles. The minimum atomic E-state index is -0.0864.